The minimum atomic E-state index is -0.850. The molecule has 0 bridgehead atoms. The highest BCUT2D eigenvalue weighted by Gasteiger charge is 2.30. The summed E-state index contributed by atoms with van der Waals surface area (Å²) in [6.45, 7) is 1.90. The largest absolute Gasteiger partial charge is 0.379 e. The number of anilines is 1. The van der Waals surface area contributed by atoms with E-state index in [-0.39, 0.29) is 16.3 Å². The van der Waals surface area contributed by atoms with Gasteiger partial charge in [-0.25, -0.2) is 8.78 Å². The summed E-state index contributed by atoms with van der Waals surface area (Å²) >= 11 is 7.16. The van der Waals surface area contributed by atoms with Crippen LogP contribution in [0.4, 0.5) is 14.5 Å². The minimum Gasteiger partial charge on any atom is -0.379 e. The second kappa shape index (κ2) is 7.25. The average molecular weight is 396 g/mol. The smallest absolute Gasteiger partial charge is 0.258 e. The molecule has 2 aromatic rings. The Morgan fingerprint density at radius 1 is 1.35 bits per heavy atom. The van der Waals surface area contributed by atoms with Gasteiger partial charge in [0.15, 0.2) is 11.0 Å². The van der Waals surface area contributed by atoms with Gasteiger partial charge in [-0.1, -0.05) is 35.5 Å². The Bertz CT molecular complexity index is 906. The molecule has 3 rings (SSSR count). The summed E-state index contributed by atoms with van der Waals surface area (Å²) in [5, 5.41) is 2.70. The molecule has 0 aliphatic carbocycles. The maximum absolute atomic E-state index is 14.2. The number of nitrogens with two attached hydrogens (primary N) is 1. The molecule has 1 aliphatic heterocycles. The van der Waals surface area contributed by atoms with E-state index in [9.17, 15) is 13.6 Å². The van der Waals surface area contributed by atoms with Crippen molar-refractivity contribution in [3.8, 4) is 0 Å². The molecule has 0 spiro atoms. The summed E-state index contributed by atoms with van der Waals surface area (Å²) in [4.78, 5) is 16.8. The van der Waals surface area contributed by atoms with Crippen LogP contribution in [0.5, 0.6) is 0 Å². The Balaban J connectivity index is 1.92. The van der Waals surface area contributed by atoms with Gasteiger partial charge >= 0.3 is 0 Å². The third-order valence-electron chi connectivity index (χ3n) is 4.23. The Labute approximate surface area is 158 Å². The Hall–Kier alpha value is -2.12. The van der Waals surface area contributed by atoms with Crippen LogP contribution in [0, 0.1) is 11.6 Å². The van der Waals surface area contributed by atoms with Crippen LogP contribution in [0.25, 0.3) is 0 Å². The maximum atomic E-state index is 14.2. The van der Waals surface area contributed by atoms with Gasteiger partial charge in [-0.15, -0.1) is 0 Å². The van der Waals surface area contributed by atoms with E-state index in [0.29, 0.717) is 10.7 Å². The number of benzene rings is 2. The quantitative estimate of drug-likeness (QED) is 0.801. The molecule has 1 atom stereocenters. The molecule has 26 heavy (non-hydrogen) atoms. The number of rotatable bonds is 3. The van der Waals surface area contributed by atoms with E-state index < -0.39 is 23.1 Å². The molecule has 8 heteroatoms. The number of amides is 1. The van der Waals surface area contributed by atoms with Crippen LogP contribution in [0.1, 0.15) is 29.3 Å². The lowest BCUT2D eigenvalue weighted by Crippen LogP contribution is -2.29. The van der Waals surface area contributed by atoms with Crippen molar-refractivity contribution in [1.82, 2.24) is 0 Å². The number of hydrogen-bond acceptors (Lipinski definition) is 4. The lowest BCUT2D eigenvalue weighted by atomic mass is 9.89. The minimum absolute atomic E-state index is 0.0555. The lowest BCUT2D eigenvalue weighted by molar-refractivity contribution is 0.102. The van der Waals surface area contributed by atoms with E-state index in [1.54, 1.807) is 6.07 Å². The zero-order valence-corrected chi connectivity index (χ0v) is 15.4. The Morgan fingerprint density at radius 2 is 2.12 bits per heavy atom. The fourth-order valence-electron chi connectivity index (χ4n) is 2.72. The molecular weight excluding hydrogens is 380 g/mol. The Morgan fingerprint density at radius 3 is 2.85 bits per heavy atom. The van der Waals surface area contributed by atoms with E-state index in [1.807, 2.05) is 6.92 Å². The van der Waals surface area contributed by atoms with Crippen molar-refractivity contribution in [2.24, 2.45) is 10.7 Å². The number of halogens is 3. The van der Waals surface area contributed by atoms with E-state index in [2.05, 4.69) is 10.3 Å². The third kappa shape index (κ3) is 3.68. The summed E-state index contributed by atoms with van der Waals surface area (Å²) < 4.78 is 28.2. The normalized spacial score (nSPS) is 19.8. The molecule has 1 aliphatic rings. The number of nitrogens with one attached hydrogen (secondary N) is 1. The molecule has 1 heterocycles. The molecule has 3 N–H and O–H groups in total. The SMILES string of the molecule is CC1(c2ccc(F)c(NC(=O)c3cccc(Cl)c3F)c2)CCSC(N)=N1. The zero-order valence-electron chi connectivity index (χ0n) is 13.9. The van der Waals surface area contributed by atoms with Gasteiger partial charge in [0.2, 0.25) is 0 Å². The lowest BCUT2D eigenvalue weighted by Gasteiger charge is -2.30. The predicted octanol–water partition coefficient (Wildman–Crippen LogP) is 4.54. The number of nitrogens with zero attached hydrogens (tertiary/aromatic N) is 1. The summed E-state index contributed by atoms with van der Waals surface area (Å²) in [6, 6.07) is 8.42. The fraction of sp³-hybridized carbons (Fsp3) is 0.222. The van der Waals surface area contributed by atoms with Gasteiger partial charge in [-0.3, -0.25) is 9.79 Å². The molecule has 1 amide bonds. The molecule has 0 saturated heterocycles. The van der Waals surface area contributed by atoms with E-state index >= 15 is 0 Å². The summed E-state index contributed by atoms with van der Waals surface area (Å²) in [6.07, 6.45) is 0.723. The van der Waals surface area contributed by atoms with Gasteiger partial charge in [-0.2, -0.15) is 0 Å². The van der Waals surface area contributed by atoms with Gasteiger partial charge in [-0.05, 0) is 43.2 Å². The fourth-order valence-corrected chi connectivity index (χ4v) is 3.87. The number of hydrogen-bond donors (Lipinski definition) is 2. The number of carbonyl (C=O) groups excluding carboxylic acids is 1. The molecule has 0 fully saturated rings. The average Bonchev–Trinajstić information content (AvgIpc) is 2.59. The number of thioether (sulfide) groups is 1. The summed E-state index contributed by atoms with van der Waals surface area (Å²) in [7, 11) is 0. The van der Waals surface area contributed by atoms with Crippen molar-refractivity contribution in [2.45, 2.75) is 18.9 Å². The van der Waals surface area contributed by atoms with Crippen LogP contribution in [0.2, 0.25) is 5.02 Å². The van der Waals surface area contributed by atoms with Gasteiger partial charge in [0.05, 0.1) is 21.8 Å². The first-order valence-corrected chi connectivity index (χ1v) is 9.20. The molecule has 0 radical (unpaired) electrons. The molecule has 1 unspecified atom stereocenters. The van der Waals surface area contributed by atoms with Gasteiger partial charge < -0.3 is 11.1 Å². The molecular formula is C18H16ClF2N3OS. The van der Waals surface area contributed by atoms with Gasteiger partial charge in [0.25, 0.3) is 5.91 Å². The maximum Gasteiger partial charge on any atom is 0.258 e. The van der Waals surface area contributed by atoms with Crippen molar-refractivity contribution >= 4 is 40.1 Å². The zero-order chi connectivity index (χ0) is 18.9. The predicted molar refractivity (Wildman–Crippen MR) is 102 cm³/mol. The van der Waals surface area contributed by atoms with Crippen LogP contribution in [-0.2, 0) is 5.54 Å². The molecule has 4 nitrogen and oxygen atoms in total. The van der Waals surface area contributed by atoms with Gasteiger partial charge in [0, 0.05) is 5.75 Å². The monoisotopic (exact) mass is 395 g/mol. The van der Waals surface area contributed by atoms with Crippen LogP contribution in [0.15, 0.2) is 41.4 Å². The number of aliphatic imine (C=N–C) groups is 1. The van der Waals surface area contributed by atoms with E-state index in [0.717, 1.165) is 12.2 Å². The van der Waals surface area contributed by atoms with Crippen molar-refractivity contribution in [3.63, 3.8) is 0 Å². The summed E-state index contributed by atoms with van der Waals surface area (Å²) in [5.41, 5.74) is 5.61. The van der Waals surface area contributed by atoms with Crippen LogP contribution < -0.4 is 11.1 Å². The highest BCUT2D eigenvalue weighted by atomic mass is 35.5. The van der Waals surface area contributed by atoms with Crippen molar-refractivity contribution < 1.29 is 13.6 Å². The third-order valence-corrected chi connectivity index (χ3v) is 5.32. The van der Waals surface area contributed by atoms with Crippen molar-refractivity contribution in [1.29, 1.82) is 0 Å². The summed E-state index contributed by atoms with van der Waals surface area (Å²) in [5.74, 6) is -1.47. The number of amidine groups is 1. The first kappa shape index (κ1) is 18.7. The van der Waals surface area contributed by atoms with E-state index in [4.69, 9.17) is 17.3 Å². The highest BCUT2D eigenvalue weighted by molar-refractivity contribution is 8.13. The van der Waals surface area contributed by atoms with E-state index in [1.165, 1.54) is 42.1 Å². The topological polar surface area (TPSA) is 67.5 Å². The molecule has 0 saturated carbocycles. The second-order valence-electron chi connectivity index (χ2n) is 6.07. The first-order chi connectivity index (χ1) is 12.3. The van der Waals surface area contributed by atoms with Gasteiger partial charge in [0.1, 0.15) is 5.82 Å². The number of carbonyl (C=O) groups is 1. The molecule has 136 valence electrons. The second-order valence-corrected chi connectivity index (χ2v) is 7.59. The first-order valence-electron chi connectivity index (χ1n) is 7.84. The van der Waals surface area contributed by atoms with Crippen LogP contribution in [0.3, 0.4) is 0 Å². The van der Waals surface area contributed by atoms with Crippen molar-refractivity contribution in [3.05, 3.63) is 64.2 Å². The highest BCUT2D eigenvalue weighted by Crippen LogP contribution is 2.36. The van der Waals surface area contributed by atoms with Crippen LogP contribution >= 0.6 is 23.4 Å². The van der Waals surface area contributed by atoms with Crippen LogP contribution in [-0.4, -0.2) is 16.8 Å². The Kier molecular flexibility index (Phi) is 5.20. The molecule has 2 aromatic carbocycles. The standard InChI is InChI=1S/C18H16ClF2N3OS/c1-18(7-8-26-17(22)24-18)10-5-6-13(20)14(9-10)23-16(25)11-3-2-4-12(19)15(11)21/h2-6,9H,7-8H2,1H3,(H2,22,24)(H,23,25). The molecule has 0 aromatic heterocycles. The van der Waals surface area contributed by atoms with Crippen molar-refractivity contribution in [2.75, 3.05) is 11.1 Å².